The van der Waals surface area contributed by atoms with Gasteiger partial charge in [-0.15, -0.1) is 0 Å². The maximum absolute atomic E-state index is 13.2. The van der Waals surface area contributed by atoms with E-state index in [4.69, 9.17) is 4.74 Å². The lowest BCUT2D eigenvalue weighted by Gasteiger charge is -2.26. The fourth-order valence-electron chi connectivity index (χ4n) is 3.54. The number of carboxylic acid groups (broad SMARTS) is 1. The first kappa shape index (κ1) is 24.9. The van der Waals surface area contributed by atoms with Crippen molar-refractivity contribution in [1.29, 1.82) is 0 Å². The summed E-state index contributed by atoms with van der Waals surface area (Å²) in [6, 6.07) is 17.3. The van der Waals surface area contributed by atoms with Crippen LogP contribution in [0.3, 0.4) is 0 Å². The van der Waals surface area contributed by atoms with Crippen LogP contribution in [0.4, 0.5) is 10.5 Å². The largest absolute Gasteiger partial charge is 0.545 e. The number of rotatable bonds is 7. The molecule has 0 unspecified atom stereocenters. The lowest BCUT2D eigenvalue weighted by atomic mass is 10.1. The molecule has 3 aromatic carbocycles. The van der Waals surface area contributed by atoms with Gasteiger partial charge in [-0.2, -0.15) is 0 Å². The number of methoxy groups -OCH3 is 1. The first-order valence-electron chi connectivity index (χ1n) is 10.9. The van der Waals surface area contributed by atoms with Gasteiger partial charge in [-0.05, 0) is 47.5 Å². The zero-order chi connectivity index (χ0) is 26.5. The number of barbiturate groups is 1. The van der Waals surface area contributed by atoms with E-state index in [0.29, 0.717) is 16.9 Å². The summed E-state index contributed by atoms with van der Waals surface area (Å²) in [5.74, 6) is -3.24. The minimum atomic E-state index is -1.29. The highest BCUT2D eigenvalue weighted by molar-refractivity contribution is 6.39. The number of carboxylic acids is 1. The molecule has 0 radical (unpaired) electrons. The van der Waals surface area contributed by atoms with Crippen LogP contribution in [0.15, 0.2) is 78.4 Å². The molecule has 4 rings (SSSR count). The second-order valence-corrected chi connectivity index (χ2v) is 7.81. The zero-order valence-electron chi connectivity index (χ0n) is 19.4. The number of esters is 1. The van der Waals surface area contributed by atoms with E-state index in [9.17, 15) is 29.1 Å². The van der Waals surface area contributed by atoms with Gasteiger partial charge in [0.2, 0.25) is 0 Å². The maximum atomic E-state index is 13.2. The quantitative estimate of drug-likeness (QED) is 0.296. The molecule has 0 spiro atoms. The predicted octanol–water partition coefficient (Wildman–Crippen LogP) is 2.08. The first-order valence-corrected chi connectivity index (χ1v) is 10.9. The number of anilines is 1. The smallest absolute Gasteiger partial charge is 0.337 e. The van der Waals surface area contributed by atoms with Crippen LogP contribution < -0.4 is 20.1 Å². The van der Waals surface area contributed by atoms with Gasteiger partial charge in [0, 0.05) is 5.56 Å². The normalized spacial score (nSPS) is 14.4. The van der Waals surface area contributed by atoms with Crippen LogP contribution in [0, 0.1) is 0 Å². The number of ether oxygens (including phenoxy) is 2. The molecule has 0 bridgehead atoms. The molecule has 1 heterocycles. The van der Waals surface area contributed by atoms with Gasteiger partial charge in [-0.25, -0.2) is 14.5 Å². The molecule has 10 nitrogen and oxygen atoms in total. The van der Waals surface area contributed by atoms with Crippen molar-refractivity contribution in [2.24, 2.45) is 0 Å². The van der Waals surface area contributed by atoms with Crippen molar-refractivity contribution in [3.05, 3.63) is 101 Å². The average Bonchev–Trinajstić information content (AvgIpc) is 2.90. The molecular formula is C27H19N2O8-. The molecule has 1 N–H and O–H groups in total. The van der Waals surface area contributed by atoms with E-state index in [1.807, 2.05) is 0 Å². The standard InChI is InChI=1S/C27H20N2O8/c1-36-26(34)18-10-12-20(13-11-18)29-24(31)21(23(30)28-27(29)35)14-19-4-2-3-5-22(19)37-15-16-6-8-17(9-7-16)25(32)33/h2-14H,15H2,1H3,(H,32,33)(H,28,30,35)/p-1/b21-14-. The molecule has 1 saturated heterocycles. The molecule has 10 heteroatoms. The van der Waals surface area contributed by atoms with Crippen LogP contribution in [-0.2, 0) is 20.9 Å². The van der Waals surface area contributed by atoms with Crippen LogP contribution in [0.25, 0.3) is 6.08 Å². The van der Waals surface area contributed by atoms with Gasteiger partial charge in [0.05, 0.1) is 24.3 Å². The number of hydrogen-bond donors (Lipinski definition) is 1. The number of benzene rings is 3. The lowest BCUT2D eigenvalue weighted by molar-refractivity contribution is -0.255. The molecular weight excluding hydrogens is 480 g/mol. The Morgan fingerprint density at radius 1 is 0.919 bits per heavy atom. The van der Waals surface area contributed by atoms with E-state index < -0.39 is 29.8 Å². The number of urea groups is 1. The Labute approximate surface area is 210 Å². The Kier molecular flexibility index (Phi) is 7.10. The second kappa shape index (κ2) is 10.6. The molecule has 1 aliphatic rings. The summed E-state index contributed by atoms with van der Waals surface area (Å²) in [5.41, 5.74) is 1.20. The van der Waals surface area contributed by atoms with E-state index in [0.717, 1.165) is 4.90 Å². The number of para-hydroxylation sites is 1. The molecule has 186 valence electrons. The summed E-state index contributed by atoms with van der Waals surface area (Å²) >= 11 is 0. The van der Waals surface area contributed by atoms with Crippen molar-refractivity contribution in [1.82, 2.24) is 5.32 Å². The van der Waals surface area contributed by atoms with Crippen molar-refractivity contribution in [3.63, 3.8) is 0 Å². The molecule has 0 aromatic heterocycles. The van der Waals surface area contributed by atoms with Crippen molar-refractivity contribution in [2.45, 2.75) is 6.61 Å². The van der Waals surface area contributed by atoms with Gasteiger partial charge in [-0.3, -0.25) is 14.9 Å². The SMILES string of the molecule is COC(=O)c1ccc(N2C(=O)NC(=O)/C(=C/c3ccccc3OCc3ccc(C(=O)[O-])cc3)C2=O)cc1. The Morgan fingerprint density at radius 3 is 2.22 bits per heavy atom. The summed E-state index contributed by atoms with van der Waals surface area (Å²) < 4.78 is 10.5. The number of hydrogen-bond acceptors (Lipinski definition) is 8. The summed E-state index contributed by atoms with van der Waals surface area (Å²) in [7, 11) is 1.23. The van der Waals surface area contributed by atoms with Crippen LogP contribution in [0.2, 0.25) is 0 Å². The number of nitrogens with zero attached hydrogens (tertiary/aromatic N) is 1. The van der Waals surface area contributed by atoms with Gasteiger partial charge in [0.1, 0.15) is 17.9 Å². The topological polar surface area (TPSA) is 142 Å². The summed E-state index contributed by atoms with van der Waals surface area (Å²) in [5, 5.41) is 13.1. The molecule has 4 amide bonds. The van der Waals surface area contributed by atoms with E-state index >= 15 is 0 Å². The Balaban J connectivity index is 1.58. The van der Waals surface area contributed by atoms with Crippen molar-refractivity contribution in [2.75, 3.05) is 12.0 Å². The van der Waals surface area contributed by atoms with Crippen LogP contribution in [0.1, 0.15) is 31.8 Å². The average molecular weight is 499 g/mol. The third-order valence-corrected chi connectivity index (χ3v) is 5.45. The Bertz CT molecular complexity index is 1430. The lowest BCUT2D eigenvalue weighted by Crippen LogP contribution is -2.54. The molecule has 1 fully saturated rings. The summed E-state index contributed by atoms with van der Waals surface area (Å²) in [6.45, 7) is 0.0881. The van der Waals surface area contributed by atoms with Crippen LogP contribution in [-0.4, -0.2) is 36.9 Å². The minimum absolute atomic E-state index is 0.0368. The Morgan fingerprint density at radius 2 is 1.57 bits per heavy atom. The number of carbonyl (C=O) groups excluding carboxylic acids is 5. The van der Waals surface area contributed by atoms with Crippen molar-refractivity contribution >= 4 is 41.5 Å². The summed E-state index contributed by atoms with van der Waals surface area (Å²) in [4.78, 5) is 61.6. The van der Waals surface area contributed by atoms with Gasteiger partial charge < -0.3 is 19.4 Å². The first-order chi connectivity index (χ1) is 17.8. The van der Waals surface area contributed by atoms with Gasteiger partial charge in [0.15, 0.2) is 0 Å². The van der Waals surface area contributed by atoms with Gasteiger partial charge in [0.25, 0.3) is 11.8 Å². The van der Waals surface area contributed by atoms with E-state index in [2.05, 4.69) is 10.1 Å². The fraction of sp³-hybridized carbons (Fsp3) is 0.0741. The fourth-order valence-corrected chi connectivity index (χ4v) is 3.54. The number of aromatic carboxylic acids is 1. The molecule has 0 atom stereocenters. The zero-order valence-corrected chi connectivity index (χ0v) is 19.4. The van der Waals surface area contributed by atoms with Crippen molar-refractivity contribution in [3.8, 4) is 5.75 Å². The van der Waals surface area contributed by atoms with Crippen LogP contribution >= 0.6 is 0 Å². The van der Waals surface area contributed by atoms with E-state index in [1.165, 1.54) is 49.6 Å². The third kappa shape index (κ3) is 5.38. The van der Waals surface area contributed by atoms with Gasteiger partial charge >= 0.3 is 12.0 Å². The van der Waals surface area contributed by atoms with Gasteiger partial charge in [-0.1, -0.05) is 42.5 Å². The maximum Gasteiger partial charge on any atom is 0.337 e. The monoisotopic (exact) mass is 499 g/mol. The number of nitrogens with one attached hydrogen (secondary N) is 1. The third-order valence-electron chi connectivity index (χ3n) is 5.45. The van der Waals surface area contributed by atoms with E-state index in [-0.39, 0.29) is 29.0 Å². The molecule has 1 aliphatic heterocycles. The highest BCUT2D eigenvalue weighted by Gasteiger charge is 2.37. The minimum Gasteiger partial charge on any atom is -0.545 e. The summed E-state index contributed by atoms with van der Waals surface area (Å²) in [6.07, 6.45) is 1.31. The Hall–Kier alpha value is -5.25. The highest BCUT2D eigenvalue weighted by Crippen LogP contribution is 2.26. The second-order valence-electron chi connectivity index (χ2n) is 7.81. The number of carbonyl (C=O) groups is 5. The van der Waals surface area contributed by atoms with Crippen molar-refractivity contribution < 1.29 is 38.6 Å². The van der Waals surface area contributed by atoms with E-state index in [1.54, 1.807) is 36.4 Å². The predicted molar refractivity (Wildman–Crippen MR) is 128 cm³/mol. The molecule has 0 aliphatic carbocycles. The number of imide groups is 2. The highest BCUT2D eigenvalue weighted by atomic mass is 16.5. The number of amides is 4. The molecule has 3 aromatic rings. The molecule has 37 heavy (non-hydrogen) atoms. The molecule has 0 saturated carbocycles. The van der Waals surface area contributed by atoms with Crippen LogP contribution in [0.5, 0.6) is 5.75 Å².